The third kappa shape index (κ3) is 5.70. The molecule has 1 N–H and O–H groups in total. The predicted molar refractivity (Wildman–Crippen MR) is 122 cm³/mol. The summed E-state index contributed by atoms with van der Waals surface area (Å²) in [7, 11) is 0. The molecule has 3 aromatic rings. The van der Waals surface area contributed by atoms with Crippen LogP contribution in [0.25, 0.3) is 0 Å². The van der Waals surface area contributed by atoms with Crippen molar-refractivity contribution in [1.29, 1.82) is 0 Å². The van der Waals surface area contributed by atoms with Crippen LogP contribution >= 0.6 is 27.7 Å². The van der Waals surface area contributed by atoms with Crippen molar-refractivity contribution in [2.45, 2.75) is 31.7 Å². The minimum absolute atomic E-state index is 0.172. The van der Waals surface area contributed by atoms with Crippen LogP contribution in [-0.2, 0) is 11.3 Å². The van der Waals surface area contributed by atoms with Crippen LogP contribution in [0.3, 0.4) is 0 Å². The first-order chi connectivity index (χ1) is 14.5. The number of hydrogen-bond donors (Lipinski definition) is 1. The lowest BCUT2D eigenvalue weighted by Crippen LogP contribution is -2.16. The van der Waals surface area contributed by atoms with E-state index in [-0.39, 0.29) is 17.8 Å². The fourth-order valence-electron chi connectivity index (χ4n) is 2.70. The van der Waals surface area contributed by atoms with Gasteiger partial charge in [0.05, 0.1) is 5.75 Å². The Morgan fingerprint density at radius 3 is 2.83 bits per heavy atom. The second-order valence-corrected chi connectivity index (χ2v) is 8.32. The van der Waals surface area contributed by atoms with Crippen LogP contribution in [0.5, 0.6) is 5.75 Å². The topological polar surface area (TPSA) is 81.9 Å². The first-order valence-corrected chi connectivity index (χ1v) is 11.1. The van der Waals surface area contributed by atoms with E-state index in [0.29, 0.717) is 23.3 Å². The Morgan fingerprint density at radius 1 is 1.33 bits per heavy atom. The molecule has 2 aromatic heterocycles. The zero-order chi connectivity index (χ0) is 21.5. The Bertz CT molecular complexity index is 1020. The zero-order valence-electron chi connectivity index (χ0n) is 16.7. The molecule has 0 radical (unpaired) electrons. The van der Waals surface area contributed by atoms with Gasteiger partial charge in [0.1, 0.15) is 11.6 Å². The summed E-state index contributed by atoms with van der Waals surface area (Å²) in [5.74, 6) is 1.98. The Morgan fingerprint density at radius 2 is 2.13 bits per heavy atom. The fourth-order valence-corrected chi connectivity index (χ4v) is 3.69. The molecule has 1 unspecified atom stereocenters. The first-order valence-electron chi connectivity index (χ1n) is 9.28. The lowest BCUT2D eigenvalue weighted by molar-refractivity contribution is -0.113. The number of carbonyl (C=O) groups excluding carboxylic acids is 1. The molecule has 0 aliphatic carbocycles. The molecule has 0 bridgehead atoms. The number of amides is 1. The molecule has 1 aromatic carbocycles. The maximum absolute atomic E-state index is 12.3. The molecule has 0 fully saturated rings. The van der Waals surface area contributed by atoms with Crippen molar-refractivity contribution >= 4 is 39.4 Å². The summed E-state index contributed by atoms with van der Waals surface area (Å²) in [5.41, 5.74) is 1.05. The standard InChI is InChI=1S/C21H22BrN5O2S/c1-4-11-27-20(15(3)29-17-8-6-5-7-14(17)2)25-26-21(27)30-13-19(28)24-18-10-9-16(22)12-23-18/h4-10,12,15H,1,11,13H2,2-3H3,(H,23,24,28). The Labute approximate surface area is 188 Å². The third-order valence-electron chi connectivity index (χ3n) is 4.15. The van der Waals surface area contributed by atoms with Crippen molar-refractivity contribution in [2.24, 2.45) is 0 Å². The number of hydrogen-bond acceptors (Lipinski definition) is 6. The van der Waals surface area contributed by atoms with Crippen molar-refractivity contribution in [1.82, 2.24) is 19.7 Å². The molecule has 0 aliphatic rings. The summed E-state index contributed by atoms with van der Waals surface area (Å²) >= 11 is 4.62. The minimum atomic E-state index is -0.311. The summed E-state index contributed by atoms with van der Waals surface area (Å²) in [4.78, 5) is 16.4. The number of carbonyl (C=O) groups is 1. The second kappa shape index (κ2) is 10.4. The molecule has 9 heteroatoms. The van der Waals surface area contributed by atoms with E-state index in [1.54, 1.807) is 18.3 Å². The number of para-hydroxylation sites is 1. The van der Waals surface area contributed by atoms with E-state index < -0.39 is 0 Å². The van der Waals surface area contributed by atoms with E-state index in [2.05, 4.69) is 43.0 Å². The fraction of sp³-hybridized carbons (Fsp3) is 0.238. The van der Waals surface area contributed by atoms with E-state index in [9.17, 15) is 4.79 Å². The van der Waals surface area contributed by atoms with Gasteiger partial charge < -0.3 is 10.1 Å². The van der Waals surface area contributed by atoms with Crippen LogP contribution in [0.2, 0.25) is 0 Å². The number of rotatable bonds is 9. The molecule has 0 aliphatic heterocycles. The van der Waals surface area contributed by atoms with Gasteiger partial charge in [-0.05, 0) is 53.5 Å². The molecule has 2 heterocycles. The van der Waals surface area contributed by atoms with Crippen LogP contribution in [-0.4, -0.2) is 31.4 Å². The predicted octanol–water partition coefficient (Wildman–Crippen LogP) is 4.80. The van der Waals surface area contributed by atoms with Crippen LogP contribution in [0.15, 0.2) is 64.9 Å². The van der Waals surface area contributed by atoms with E-state index in [1.165, 1.54) is 11.8 Å². The lowest BCUT2D eigenvalue weighted by Gasteiger charge is -2.17. The summed E-state index contributed by atoms with van der Waals surface area (Å²) < 4.78 is 8.84. The van der Waals surface area contributed by atoms with Crippen LogP contribution in [0.1, 0.15) is 24.4 Å². The van der Waals surface area contributed by atoms with Gasteiger partial charge in [-0.15, -0.1) is 16.8 Å². The number of halogens is 1. The molecular formula is C21H22BrN5O2S. The lowest BCUT2D eigenvalue weighted by atomic mass is 10.2. The molecular weight excluding hydrogens is 466 g/mol. The van der Waals surface area contributed by atoms with Crippen molar-refractivity contribution in [3.8, 4) is 5.75 Å². The number of aryl methyl sites for hydroxylation is 1. The van der Waals surface area contributed by atoms with Gasteiger partial charge in [0.2, 0.25) is 5.91 Å². The van der Waals surface area contributed by atoms with Gasteiger partial charge in [-0.3, -0.25) is 9.36 Å². The molecule has 1 atom stereocenters. The second-order valence-electron chi connectivity index (χ2n) is 6.46. The van der Waals surface area contributed by atoms with Gasteiger partial charge in [0, 0.05) is 17.2 Å². The van der Waals surface area contributed by atoms with Gasteiger partial charge >= 0.3 is 0 Å². The Kier molecular flexibility index (Phi) is 7.64. The van der Waals surface area contributed by atoms with Gasteiger partial charge in [-0.25, -0.2) is 4.98 Å². The van der Waals surface area contributed by atoms with Crippen molar-refractivity contribution in [3.63, 3.8) is 0 Å². The zero-order valence-corrected chi connectivity index (χ0v) is 19.1. The number of nitrogens with one attached hydrogen (secondary N) is 1. The van der Waals surface area contributed by atoms with Crippen molar-refractivity contribution in [2.75, 3.05) is 11.1 Å². The van der Waals surface area contributed by atoms with E-state index in [1.807, 2.05) is 48.7 Å². The number of nitrogens with zero attached hydrogens (tertiary/aromatic N) is 4. The van der Waals surface area contributed by atoms with Gasteiger partial charge in [-0.2, -0.15) is 0 Å². The number of anilines is 1. The minimum Gasteiger partial charge on any atom is -0.482 e. The Balaban J connectivity index is 1.67. The maximum Gasteiger partial charge on any atom is 0.236 e. The number of benzene rings is 1. The summed E-state index contributed by atoms with van der Waals surface area (Å²) in [5, 5.41) is 12.0. The highest BCUT2D eigenvalue weighted by Crippen LogP contribution is 2.26. The summed E-state index contributed by atoms with van der Waals surface area (Å²) in [6.45, 7) is 8.26. The van der Waals surface area contributed by atoms with Crippen molar-refractivity contribution in [3.05, 3.63) is 71.1 Å². The molecule has 0 spiro atoms. The van der Waals surface area contributed by atoms with Gasteiger partial charge in [0.25, 0.3) is 0 Å². The molecule has 30 heavy (non-hydrogen) atoms. The molecule has 7 nitrogen and oxygen atoms in total. The van der Waals surface area contributed by atoms with E-state index in [4.69, 9.17) is 4.74 Å². The molecule has 1 amide bonds. The van der Waals surface area contributed by atoms with Crippen LogP contribution in [0.4, 0.5) is 5.82 Å². The third-order valence-corrected chi connectivity index (χ3v) is 5.58. The molecule has 0 saturated carbocycles. The SMILES string of the molecule is C=CCn1c(SCC(=O)Nc2ccc(Br)cn2)nnc1C(C)Oc1ccccc1C. The average Bonchev–Trinajstić information content (AvgIpc) is 3.13. The smallest absolute Gasteiger partial charge is 0.236 e. The highest BCUT2D eigenvalue weighted by molar-refractivity contribution is 9.10. The number of allylic oxidation sites excluding steroid dienone is 1. The van der Waals surface area contributed by atoms with E-state index in [0.717, 1.165) is 15.8 Å². The largest absolute Gasteiger partial charge is 0.482 e. The maximum atomic E-state index is 12.3. The van der Waals surface area contributed by atoms with Crippen LogP contribution < -0.4 is 10.1 Å². The first kappa shape index (κ1) is 22.0. The van der Waals surface area contributed by atoms with Crippen molar-refractivity contribution < 1.29 is 9.53 Å². The number of aromatic nitrogens is 4. The number of thioether (sulfide) groups is 1. The molecule has 3 rings (SSSR count). The Hall–Kier alpha value is -2.65. The van der Waals surface area contributed by atoms with Gasteiger partial charge in [0.15, 0.2) is 17.1 Å². The van der Waals surface area contributed by atoms with E-state index >= 15 is 0 Å². The molecule has 156 valence electrons. The highest BCUT2D eigenvalue weighted by Gasteiger charge is 2.20. The number of ether oxygens (including phenoxy) is 1. The normalized spacial score (nSPS) is 11.7. The summed E-state index contributed by atoms with van der Waals surface area (Å²) in [6.07, 6.45) is 3.09. The monoisotopic (exact) mass is 487 g/mol. The summed E-state index contributed by atoms with van der Waals surface area (Å²) in [6, 6.07) is 11.4. The number of pyridine rings is 1. The molecule has 0 saturated heterocycles. The van der Waals surface area contributed by atoms with Crippen LogP contribution in [0, 0.1) is 6.92 Å². The average molecular weight is 488 g/mol. The van der Waals surface area contributed by atoms with Gasteiger partial charge in [-0.1, -0.05) is 36.0 Å². The highest BCUT2D eigenvalue weighted by atomic mass is 79.9. The quantitative estimate of drug-likeness (QED) is 0.344.